The molecule has 0 saturated carbocycles. The molecular weight excluding hydrogens is 350 g/mol. The van der Waals surface area contributed by atoms with Gasteiger partial charge < -0.3 is 10.6 Å². The lowest BCUT2D eigenvalue weighted by Gasteiger charge is -2.09. The number of aromatic amines is 1. The molecule has 7 nitrogen and oxygen atoms in total. The molecule has 0 bridgehead atoms. The van der Waals surface area contributed by atoms with Crippen molar-refractivity contribution in [2.45, 2.75) is 6.92 Å². The quantitative estimate of drug-likeness (QED) is 0.461. The summed E-state index contributed by atoms with van der Waals surface area (Å²) >= 11 is 0. The van der Waals surface area contributed by atoms with Crippen molar-refractivity contribution >= 4 is 35.3 Å². The van der Waals surface area contributed by atoms with Gasteiger partial charge in [0.15, 0.2) is 11.6 Å². The second-order valence-electron chi connectivity index (χ2n) is 6.16. The van der Waals surface area contributed by atoms with Crippen LogP contribution in [0.25, 0.3) is 12.2 Å². The summed E-state index contributed by atoms with van der Waals surface area (Å²) in [4.78, 5) is 13.2. The van der Waals surface area contributed by atoms with Gasteiger partial charge in [-0.15, -0.1) is 0 Å². The van der Waals surface area contributed by atoms with E-state index in [1.807, 2.05) is 73.7 Å². The lowest BCUT2D eigenvalue weighted by atomic mass is 10.2. The lowest BCUT2D eigenvalue weighted by Crippen LogP contribution is -2.02. The Bertz CT molecular complexity index is 1070. The zero-order valence-electron chi connectivity index (χ0n) is 15.3. The molecule has 138 valence electrons. The molecule has 0 aliphatic rings. The number of nitrogens with zero attached hydrogens (tertiary/aromatic N) is 4. The largest absolute Gasteiger partial charge is 0.340 e. The van der Waals surface area contributed by atoms with E-state index in [1.165, 1.54) is 0 Å². The van der Waals surface area contributed by atoms with Gasteiger partial charge in [-0.05, 0) is 30.7 Å². The van der Waals surface area contributed by atoms with E-state index in [2.05, 4.69) is 35.8 Å². The predicted molar refractivity (Wildman–Crippen MR) is 112 cm³/mol. The number of nitrogens with one attached hydrogen (secondary N) is 3. The normalized spacial score (nSPS) is 10.9. The van der Waals surface area contributed by atoms with Crippen molar-refractivity contribution < 1.29 is 0 Å². The number of rotatable bonds is 6. The lowest BCUT2D eigenvalue weighted by molar-refractivity contribution is 1.04. The second kappa shape index (κ2) is 8.13. The van der Waals surface area contributed by atoms with E-state index in [0.29, 0.717) is 23.3 Å². The van der Waals surface area contributed by atoms with Crippen molar-refractivity contribution in [2.24, 2.45) is 0 Å². The molecule has 0 fully saturated rings. The van der Waals surface area contributed by atoms with Gasteiger partial charge in [0.1, 0.15) is 11.6 Å². The van der Waals surface area contributed by atoms with Crippen molar-refractivity contribution in [3.63, 3.8) is 0 Å². The summed E-state index contributed by atoms with van der Waals surface area (Å²) in [5.74, 6) is 2.59. The summed E-state index contributed by atoms with van der Waals surface area (Å²) in [6.07, 6.45) is 7.32. The Kier molecular flexibility index (Phi) is 5.06. The molecule has 0 spiro atoms. The standard InChI is InChI=1S/C21H19N7/c1-15-13-21(28-27-15)26-20-14-19(23-17-9-11-22-12-10-17)24-18(25-20)8-7-16-5-3-2-4-6-16/h2-14H,1H3,(H3,22,23,24,25,26,27,28). The first kappa shape index (κ1) is 17.4. The molecule has 3 aromatic heterocycles. The van der Waals surface area contributed by atoms with Crippen LogP contribution >= 0.6 is 0 Å². The van der Waals surface area contributed by atoms with E-state index in [1.54, 1.807) is 12.4 Å². The van der Waals surface area contributed by atoms with Crippen LogP contribution < -0.4 is 10.6 Å². The Balaban J connectivity index is 1.64. The molecule has 4 aromatic rings. The summed E-state index contributed by atoms with van der Waals surface area (Å²) in [5.41, 5.74) is 2.94. The van der Waals surface area contributed by atoms with Gasteiger partial charge in [0, 0.05) is 35.9 Å². The average Bonchev–Trinajstić information content (AvgIpc) is 3.12. The minimum absolute atomic E-state index is 0.581. The number of anilines is 4. The molecule has 7 heteroatoms. The van der Waals surface area contributed by atoms with E-state index in [9.17, 15) is 0 Å². The maximum Gasteiger partial charge on any atom is 0.156 e. The van der Waals surface area contributed by atoms with Gasteiger partial charge in [-0.3, -0.25) is 10.1 Å². The summed E-state index contributed by atoms with van der Waals surface area (Å²) in [6, 6.07) is 17.5. The number of aryl methyl sites for hydroxylation is 1. The number of pyridine rings is 1. The Morgan fingerprint density at radius 3 is 2.29 bits per heavy atom. The Hall–Kier alpha value is -4.00. The van der Waals surface area contributed by atoms with Crippen molar-refractivity contribution in [3.05, 3.63) is 84.1 Å². The van der Waals surface area contributed by atoms with Crippen LogP contribution in [0.4, 0.5) is 23.1 Å². The molecule has 4 rings (SSSR count). The van der Waals surface area contributed by atoms with Crippen LogP contribution in [0.5, 0.6) is 0 Å². The van der Waals surface area contributed by atoms with Gasteiger partial charge in [0.05, 0.1) is 0 Å². The fraction of sp³-hybridized carbons (Fsp3) is 0.0476. The van der Waals surface area contributed by atoms with Crippen molar-refractivity contribution in [1.82, 2.24) is 25.1 Å². The minimum atomic E-state index is 0.581. The monoisotopic (exact) mass is 369 g/mol. The third kappa shape index (κ3) is 4.59. The maximum absolute atomic E-state index is 4.59. The van der Waals surface area contributed by atoms with Gasteiger partial charge in [-0.2, -0.15) is 5.10 Å². The number of aromatic nitrogens is 5. The molecule has 1 aromatic carbocycles. The van der Waals surface area contributed by atoms with E-state index < -0.39 is 0 Å². The fourth-order valence-electron chi connectivity index (χ4n) is 2.60. The van der Waals surface area contributed by atoms with Crippen molar-refractivity contribution in [2.75, 3.05) is 10.6 Å². The number of benzene rings is 1. The number of hydrogen-bond donors (Lipinski definition) is 3. The maximum atomic E-state index is 4.59. The van der Waals surface area contributed by atoms with Crippen LogP contribution in [0.3, 0.4) is 0 Å². The molecular formula is C21H19N7. The van der Waals surface area contributed by atoms with Crippen LogP contribution in [-0.4, -0.2) is 25.1 Å². The molecule has 0 atom stereocenters. The minimum Gasteiger partial charge on any atom is -0.340 e. The van der Waals surface area contributed by atoms with Crippen LogP contribution in [0.15, 0.2) is 67.0 Å². The zero-order chi connectivity index (χ0) is 19.2. The first-order chi connectivity index (χ1) is 13.7. The highest BCUT2D eigenvalue weighted by Crippen LogP contribution is 2.20. The van der Waals surface area contributed by atoms with Gasteiger partial charge in [0.2, 0.25) is 0 Å². The first-order valence-corrected chi connectivity index (χ1v) is 8.83. The summed E-state index contributed by atoms with van der Waals surface area (Å²) in [5, 5.41) is 13.6. The van der Waals surface area contributed by atoms with Crippen LogP contribution in [0.2, 0.25) is 0 Å². The van der Waals surface area contributed by atoms with Gasteiger partial charge in [-0.1, -0.05) is 36.4 Å². The predicted octanol–water partition coefficient (Wildman–Crippen LogP) is 4.56. The Morgan fingerprint density at radius 1 is 0.821 bits per heavy atom. The molecule has 0 aliphatic carbocycles. The smallest absolute Gasteiger partial charge is 0.156 e. The second-order valence-corrected chi connectivity index (χ2v) is 6.16. The molecule has 0 unspecified atom stereocenters. The molecule has 3 heterocycles. The van der Waals surface area contributed by atoms with Crippen molar-refractivity contribution in [1.29, 1.82) is 0 Å². The van der Waals surface area contributed by atoms with E-state index >= 15 is 0 Å². The SMILES string of the molecule is Cc1cc(Nc2cc(Nc3ccncc3)nc(C=Cc3ccccc3)n2)n[nH]1. The molecule has 0 saturated heterocycles. The highest BCUT2D eigenvalue weighted by Gasteiger charge is 2.06. The Morgan fingerprint density at radius 2 is 1.57 bits per heavy atom. The van der Waals surface area contributed by atoms with Crippen LogP contribution in [-0.2, 0) is 0 Å². The van der Waals surface area contributed by atoms with Crippen LogP contribution in [0.1, 0.15) is 17.1 Å². The van der Waals surface area contributed by atoms with Crippen molar-refractivity contribution in [3.8, 4) is 0 Å². The van der Waals surface area contributed by atoms with E-state index in [-0.39, 0.29) is 0 Å². The van der Waals surface area contributed by atoms with Crippen LogP contribution in [0, 0.1) is 6.92 Å². The molecule has 3 N–H and O–H groups in total. The Labute approximate surface area is 162 Å². The third-order valence-corrected chi connectivity index (χ3v) is 3.88. The topological polar surface area (TPSA) is 91.4 Å². The molecule has 28 heavy (non-hydrogen) atoms. The molecule has 0 amide bonds. The highest BCUT2D eigenvalue weighted by molar-refractivity contribution is 5.69. The summed E-state index contributed by atoms with van der Waals surface area (Å²) in [7, 11) is 0. The average molecular weight is 369 g/mol. The zero-order valence-corrected chi connectivity index (χ0v) is 15.3. The summed E-state index contributed by atoms with van der Waals surface area (Å²) < 4.78 is 0. The molecule has 0 aliphatic heterocycles. The fourth-order valence-corrected chi connectivity index (χ4v) is 2.60. The summed E-state index contributed by atoms with van der Waals surface area (Å²) in [6.45, 7) is 1.95. The van der Waals surface area contributed by atoms with Gasteiger partial charge in [-0.25, -0.2) is 9.97 Å². The van der Waals surface area contributed by atoms with E-state index in [4.69, 9.17) is 0 Å². The molecule has 0 radical (unpaired) electrons. The first-order valence-electron chi connectivity index (χ1n) is 8.83. The number of H-pyrrole nitrogens is 1. The van der Waals surface area contributed by atoms with E-state index in [0.717, 1.165) is 16.9 Å². The van der Waals surface area contributed by atoms with Gasteiger partial charge >= 0.3 is 0 Å². The highest BCUT2D eigenvalue weighted by atomic mass is 15.2. The number of hydrogen-bond acceptors (Lipinski definition) is 6. The van der Waals surface area contributed by atoms with Gasteiger partial charge in [0.25, 0.3) is 0 Å². The third-order valence-electron chi connectivity index (χ3n) is 3.88.